The molecule has 0 aliphatic rings. The van der Waals surface area contributed by atoms with E-state index in [1.807, 2.05) is 30.3 Å². The first-order valence-corrected chi connectivity index (χ1v) is 7.14. The lowest BCUT2D eigenvalue weighted by Gasteiger charge is -2.10. The van der Waals surface area contributed by atoms with Crippen molar-refractivity contribution >= 4 is 11.5 Å². The van der Waals surface area contributed by atoms with Crippen LogP contribution in [0.2, 0.25) is 0 Å². The molecule has 6 heteroatoms. The average molecular weight is 308 g/mol. The van der Waals surface area contributed by atoms with E-state index in [9.17, 15) is 0 Å². The fraction of sp³-hybridized carbons (Fsp3) is 0.118. The highest BCUT2D eigenvalue weighted by Gasteiger charge is 2.15. The first-order chi connectivity index (χ1) is 11.3. The van der Waals surface area contributed by atoms with Crippen LogP contribution in [0.25, 0.3) is 0 Å². The molecule has 0 saturated carbocycles. The van der Waals surface area contributed by atoms with E-state index in [1.54, 1.807) is 18.3 Å². The normalized spacial score (nSPS) is 10.5. The van der Waals surface area contributed by atoms with Crippen LogP contribution in [0.4, 0.5) is 5.82 Å². The van der Waals surface area contributed by atoms with Gasteiger partial charge in [0, 0.05) is 12.7 Å². The van der Waals surface area contributed by atoms with Crippen LogP contribution >= 0.6 is 0 Å². The molecule has 0 saturated heterocycles. The second-order valence-corrected chi connectivity index (χ2v) is 4.92. The molecule has 0 bridgehead atoms. The molecule has 0 spiro atoms. The maximum absolute atomic E-state index is 9.07. The molecule has 0 unspecified atom stereocenters. The van der Waals surface area contributed by atoms with Gasteiger partial charge in [-0.2, -0.15) is 0 Å². The molecule has 6 nitrogen and oxygen atoms in total. The molecule has 3 N–H and O–H groups in total. The second kappa shape index (κ2) is 6.85. The molecule has 0 aliphatic carbocycles. The maximum Gasteiger partial charge on any atom is 0.152 e. The van der Waals surface area contributed by atoms with Crippen LogP contribution in [-0.4, -0.2) is 20.8 Å². The number of aliphatic hydroxyl groups excluding tert-OH is 1. The third-order valence-corrected chi connectivity index (χ3v) is 3.35. The van der Waals surface area contributed by atoms with Crippen LogP contribution in [0.15, 0.2) is 59.4 Å². The Morgan fingerprint density at radius 1 is 1.17 bits per heavy atom. The van der Waals surface area contributed by atoms with Gasteiger partial charge in [0.2, 0.25) is 0 Å². The maximum atomic E-state index is 9.07. The topological polar surface area (TPSA) is 95.0 Å². The quantitative estimate of drug-likeness (QED) is 0.608. The van der Waals surface area contributed by atoms with Gasteiger partial charge in [-0.05, 0) is 17.7 Å². The van der Waals surface area contributed by atoms with Gasteiger partial charge < -0.3 is 14.8 Å². The third kappa shape index (κ3) is 3.44. The first-order valence-electron chi connectivity index (χ1n) is 7.14. The smallest absolute Gasteiger partial charge is 0.152 e. The van der Waals surface area contributed by atoms with Crippen LogP contribution in [0, 0.1) is 5.41 Å². The molecular weight excluding hydrogens is 292 g/mol. The van der Waals surface area contributed by atoms with Gasteiger partial charge >= 0.3 is 0 Å². The van der Waals surface area contributed by atoms with Gasteiger partial charge in [-0.25, -0.2) is 9.97 Å². The zero-order valence-electron chi connectivity index (χ0n) is 12.4. The fourth-order valence-corrected chi connectivity index (χ4v) is 2.17. The van der Waals surface area contributed by atoms with Crippen molar-refractivity contribution in [2.45, 2.75) is 13.2 Å². The molecule has 0 fully saturated rings. The summed E-state index contributed by atoms with van der Waals surface area (Å²) < 4.78 is 5.41. The van der Waals surface area contributed by atoms with Crippen molar-refractivity contribution in [2.75, 3.05) is 5.32 Å². The van der Waals surface area contributed by atoms with Gasteiger partial charge in [-0.1, -0.05) is 30.3 Å². The highest BCUT2D eigenvalue weighted by molar-refractivity contribution is 6.11. The molecule has 2 aromatic heterocycles. The van der Waals surface area contributed by atoms with E-state index < -0.39 is 0 Å². The lowest BCUT2D eigenvalue weighted by atomic mass is 10.1. The van der Waals surface area contributed by atoms with Crippen molar-refractivity contribution in [3.63, 3.8) is 0 Å². The summed E-state index contributed by atoms with van der Waals surface area (Å²) in [6, 6.07) is 13.2. The Kier molecular flexibility index (Phi) is 4.44. The van der Waals surface area contributed by atoms with E-state index in [2.05, 4.69) is 15.3 Å². The number of nitrogens with one attached hydrogen (secondary N) is 2. The molecule has 0 aliphatic heterocycles. The van der Waals surface area contributed by atoms with Crippen LogP contribution in [-0.2, 0) is 13.2 Å². The van der Waals surface area contributed by atoms with Gasteiger partial charge in [0.05, 0.1) is 5.56 Å². The van der Waals surface area contributed by atoms with Crippen molar-refractivity contribution in [3.8, 4) is 0 Å². The van der Waals surface area contributed by atoms with E-state index >= 15 is 0 Å². The van der Waals surface area contributed by atoms with Crippen LogP contribution in [0.3, 0.4) is 0 Å². The molecule has 0 radical (unpaired) electrons. The number of hydrogen-bond acceptors (Lipinski definition) is 6. The molecule has 0 amide bonds. The van der Waals surface area contributed by atoms with Crippen molar-refractivity contribution in [1.82, 2.24) is 9.97 Å². The van der Waals surface area contributed by atoms with E-state index in [4.69, 9.17) is 14.9 Å². The number of aliphatic hydroxyl groups is 1. The van der Waals surface area contributed by atoms with Gasteiger partial charge in [0.25, 0.3) is 0 Å². The van der Waals surface area contributed by atoms with E-state index in [0.29, 0.717) is 29.4 Å². The lowest BCUT2D eigenvalue weighted by Crippen LogP contribution is -2.10. The lowest BCUT2D eigenvalue weighted by molar-refractivity contribution is 0.246. The van der Waals surface area contributed by atoms with Crippen molar-refractivity contribution in [2.24, 2.45) is 0 Å². The number of aromatic nitrogens is 2. The molecule has 116 valence electrons. The molecule has 1 aromatic carbocycles. The molecule has 2 heterocycles. The van der Waals surface area contributed by atoms with Gasteiger partial charge in [0.1, 0.15) is 30.2 Å². The van der Waals surface area contributed by atoms with E-state index in [-0.39, 0.29) is 12.3 Å². The molecule has 3 rings (SSSR count). The minimum atomic E-state index is -0.197. The highest BCUT2D eigenvalue weighted by Crippen LogP contribution is 2.18. The number of benzene rings is 1. The number of nitrogens with zero attached hydrogens (tertiary/aromatic N) is 2. The Labute approximate surface area is 133 Å². The first kappa shape index (κ1) is 14.9. The highest BCUT2D eigenvalue weighted by atomic mass is 16.4. The van der Waals surface area contributed by atoms with Crippen LogP contribution < -0.4 is 5.32 Å². The number of rotatable bonds is 6. The Balaban J connectivity index is 1.81. The predicted octanol–water partition coefficient (Wildman–Crippen LogP) is 2.59. The summed E-state index contributed by atoms with van der Waals surface area (Å²) in [7, 11) is 0. The van der Waals surface area contributed by atoms with E-state index in [1.165, 1.54) is 6.33 Å². The van der Waals surface area contributed by atoms with Crippen molar-refractivity contribution in [1.29, 1.82) is 5.41 Å². The standard InChI is InChI=1S/C17H16N4O2/c18-16(15-7-6-13(10-22)23-15)14-9-19-11-21-17(14)20-8-12-4-2-1-3-5-12/h1-7,9,11,18,22H,8,10H2,(H,19,20,21). The minimum absolute atomic E-state index is 0.167. The molecular formula is C17H16N4O2. The summed E-state index contributed by atoms with van der Waals surface area (Å²) in [5.41, 5.74) is 1.83. The van der Waals surface area contributed by atoms with Gasteiger partial charge in [-0.3, -0.25) is 5.41 Å². The van der Waals surface area contributed by atoms with Gasteiger partial charge in [0.15, 0.2) is 5.76 Å². The fourth-order valence-electron chi connectivity index (χ4n) is 2.17. The SMILES string of the molecule is N=C(c1ccc(CO)o1)c1cncnc1NCc1ccccc1. The number of anilines is 1. The average Bonchev–Trinajstić information content (AvgIpc) is 3.10. The Morgan fingerprint density at radius 2 is 2.00 bits per heavy atom. The summed E-state index contributed by atoms with van der Waals surface area (Å²) in [4.78, 5) is 8.20. The summed E-state index contributed by atoms with van der Waals surface area (Å²) in [5.74, 6) is 1.35. The zero-order valence-corrected chi connectivity index (χ0v) is 12.4. The number of furan rings is 1. The van der Waals surface area contributed by atoms with E-state index in [0.717, 1.165) is 5.56 Å². The Hall–Kier alpha value is -2.99. The summed E-state index contributed by atoms with van der Waals surface area (Å²) in [6.07, 6.45) is 3.01. The second-order valence-electron chi connectivity index (χ2n) is 4.92. The van der Waals surface area contributed by atoms with Crippen molar-refractivity contribution in [3.05, 3.63) is 77.6 Å². The van der Waals surface area contributed by atoms with Crippen LogP contribution in [0.5, 0.6) is 0 Å². The number of hydrogen-bond donors (Lipinski definition) is 3. The molecule has 0 atom stereocenters. The largest absolute Gasteiger partial charge is 0.457 e. The summed E-state index contributed by atoms with van der Waals surface area (Å²) in [6.45, 7) is 0.399. The van der Waals surface area contributed by atoms with Crippen molar-refractivity contribution < 1.29 is 9.52 Å². The third-order valence-electron chi connectivity index (χ3n) is 3.35. The molecule has 3 aromatic rings. The predicted molar refractivity (Wildman–Crippen MR) is 86.4 cm³/mol. The minimum Gasteiger partial charge on any atom is -0.457 e. The summed E-state index contributed by atoms with van der Waals surface area (Å²) >= 11 is 0. The zero-order chi connectivity index (χ0) is 16.1. The summed E-state index contributed by atoms with van der Waals surface area (Å²) in [5, 5.41) is 20.6. The Bertz CT molecular complexity index is 799. The van der Waals surface area contributed by atoms with Gasteiger partial charge in [-0.15, -0.1) is 0 Å². The van der Waals surface area contributed by atoms with Crippen LogP contribution in [0.1, 0.15) is 22.6 Å². The molecule has 23 heavy (non-hydrogen) atoms. The Morgan fingerprint density at radius 3 is 2.74 bits per heavy atom. The monoisotopic (exact) mass is 308 g/mol.